The second-order valence-corrected chi connectivity index (χ2v) is 8.73. The number of aromatic nitrogens is 2. The van der Waals surface area contributed by atoms with Gasteiger partial charge >= 0.3 is 0 Å². The van der Waals surface area contributed by atoms with Crippen LogP contribution < -0.4 is 5.32 Å². The summed E-state index contributed by atoms with van der Waals surface area (Å²) in [5, 5.41) is 3.47. The molecule has 1 atom stereocenters. The molecule has 6 heteroatoms. The van der Waals surface area contributed by atoms with Crippen LogP contribution in [-0.2, 0) is 29.7 Å². The summed E-state index contributed by atoms with van der Waals surface area (Å²) in [6, 6.07) is 8.36. The van der Waals surface area contributed by atoms with Gasteiger partial charge in [0, 0.05) is 38.3 Å². The summed E-state index contributed by atoms with van der Waals surface area (Å²) in [5.74, 6) is 0.259. The van der Waals surface area contributed by atoms with E-state index in [0.29, 0.717) is 0 Å². The lowest BCUT2D eigenvalue weighted by Gasteiger charge is -2.51. The second-order valence-electron chi connectivity index (χ2n) is 8.73. The number of hydrogen-bond acceptors (Lipinski definition) is 4. The Balaban J connectivity index is 1.31. The Morgan fingerprint density at radius 2 is 2.00 bits per heavy atom. The third-order valence-electron chi connectivity index (χ3n) is 7.17. The molecular weight excluding hydrogens is 362 g/mol. The molecule has 0 bridgehead atoms. The molecule has 2 N–H and O–H groups in total. The first-order valence-electron chi connectivity index (χ1n) is 11.1. The van der Waals surface area contributed by atoms with Crippen molar-refractivity contribution in [2.24, 2.45) is 0 Å². The number of nitrogens with zero attached hydrogens (tertiary/aromatic N) is 3. The number of H-pyrrole nitrogens is 1. The van der Waals surface area contributed by atoms with Gasteiger partial charge in [0.25, 0.3) is 0 Å². The molecule has 4 heterocycles. The van der Waals surface area contributed by atoms with Gasteiger partial charge in [-0.15, -0.1) is 0 Å². The Morgan fingerprint density at radius 3 is 2.79 bits per heavy atom. The molecule has 1 aromatic carbocycles. The smallest absolute Gasteiger partial charge is 0.240 e. The highest BCUT2D eigenvalue weighted by atomic mass is 16.2. The molecule has 6 nitrogen and oxygen atoms in total. The fraction of sp³-hybridized carbons (Fsp3) is 0.565. The number of fused-ring (bicyclic) bond motifs is 3. The first-order valence-corrected chi connectivity index (χ1v) is 11.1. The van der Waals surface area contributed by atoms with Crippen molar-refractivity contribution in [3.05, 3.63) is 53.1 Å². The van der Waals surface area contributed by atoms with Gasteiger partial charge in [-0.05, 0) is 43.4 Å². The Labute approximate surface area is 172 Å². The number of aromatic amines is 1. The monoisotopic (exact) mass is 393 g/mol. The first-order chi connectivity index (χ1) is 14.2. The van der Waals surface area contributed by atoms with E-state index < -0.39 is 0 Å². The zero-order valence-electron chi connectivity index (χ0n) is 17.3. The lowest BCUT2D eigenvalue weighted by atomic mass is 9.78. The van der Waals surface area contributed by atoms with E-state index in [1.54, 1.807) is 0 Å². The number of nitrogens with one attached hydrogen (secondary N) is 2. The molecule has 2 aromatic rings. The van der Waals surface area contributed by atoms with Crippen molar-refractivity contribution in [2.45, 2.75) is 57.2 Å². The standard InChI is InChI=1S/C23H31N5O/c1-2-10-28-11-7-19-21(26-16-25-19)23(28)8-12-27(13-9-23)22(29)20-14-17-5-3-4-6-18(17)15-24-20/h3-6,16,20,24H,2,7-15H2,1H3,(H,25,26). The maximum Gasteiger partial charge on any atom is 0.240 e. The van der Waals surface area contributed by atoms with E-state index in [4.69, 9.17) is 4.98 Å². The molecule has 5 rings (SSSR count). The van der Waals surface area contributed by atoms with Gasteiger partial charge in [-0.3, -0.25) is 9.69 Å². The largest absolute Gasteiger partial charge is 0.348 e. The molecule has 3 aliphatic heterocycles. The number of benzene rings is 1. The minimum absolute atomic E-state index is 0.00698. The quantitative estimate of drug-likeness (QED) is 0.839. The van der Waals surface area contributed by atoms with E-state index >= 15 is 0 Å². The second kappa shape index (κ2) is 7.58. The minimum atomic E-state index is -0.0991. The minimum Gasteiger partial charge on any atom is -0.348 e. The van der Waals surface area contributed by atoms with Gasteiger partial charge < -0.3 is 15.2 Å². The van der Waals surface area contributed by atoms with Crippen molar-refractivity contribution in [1.29, 1.82) is 0 Å². The van der Waals surface area contributed by atoms with Gasteiger partial charge in [-0.25, -0.2) is 4.98 Å². The SMILES string of the molecule is CCCN1CCc2[nH]cnc2C12CCN(C(=O)C1Cc3ccccc3CN1)CC2. The highest BCUT2D eigenvalue weighted by molar-refractivity contribution is 5.82. The Kier molecular flexibility index (Phi) is 4.92. The van der Waals surface area contributed by atoms with Crippen molar-refractivity contribution < 1.29 is 4.79 Å². The summed E-state index contributed by atoms with van der Waals surface area (Å²) in [6.07, 6.45) is 6.78. The van der Waals surface area contributed by atoms with Crippen LogP contribution in [0.3, 0.4) is 0 Å². The maximum absolute atomic E-state index is 13.3. The lowest BCUT2D eigenvalue weighted by Crippen LogP contribution is -2.59. The van der Waals surface area contributed by atoms with E-state index in [1.807, 2.05) is 6.33 Å². The van der Waals surface area contributed by atoms with Gasteiger partial charge in [-0.2, -0.15) is 0 Å². The number of likely N-dealkylation sites (tertiary alicyclic amines) is 1. The number of piperidine rings is 1. The number of hydrogen-bond donors (Lipinski definition) is 2. The predicted molar refractivity (Wildman–Crippen MR) is 112 cm³/mol. The Bertz CT molecular complexity index is 883. The molecule has 1 aromatic heterocycles. The lowest BCUT2D eigenvalue weighted by molar-refractivity contribution is -0.137. The van der Waals surface area contributed by atoms with Crippen molar-refractivity contribution in [3.63, 3.8) is 0 Å². The molecule has 1 amide bonds. The van der Waals surface area contributed by atoms with Gasteiger partial charge in [-0.1, -0.05) is 31.2 Å². The third-order valence-corrected chi connectivity index (χ3v) is 7.17. The fourth-order valence-corrected chi connectivity index (χ4v) is 5.62. The number of imidazole rings is 1. The van der Waals surface area contributed by atoms with Crippen molar-refractivity contribution >= 4 is 5.91 Å². The molecule has 1 fully saturated rings. The van der Waals surface area contributed by atoms with Crippen molar-refractivity contribution in [1.82, 2.24) is 25.1 Å². The average molecular weight is 394 g/mol. The molecule has 3 aliphatic rings. The van der Waals surface area contributed by atoms with Crippen LogP contribution >= 0.6 is 0 Å². The van der Waals surface area contributed by atoms with Gasteiger partial charge in [0.2, 0.25) is 5.91 Å². The molecular formula is C23H31N5O. The van der Waals surface area contributed by atoms with Gasteiger partial charge in [0.15, 0.2) is 0 Å². The summed E-state index contributed by atoms with van der Waals surface area (Å²) in [5.41, 5.74) is 5.14. The van der Waals surface area contributed by atoms with E-state index in [9.17, 15) is 4.79 Å². The van der Waals surface area contributed by atoms with Crippen LogP contribution in [0.25, 0.3) is 0 Å². The topological polar surface area (TPSA) is 64.3 Å². The molecule has 154 valence electrons. The number of amides is 1. The van der Waals surface area contributed by atoms with E-state index in [0.717, 1.165) is 64.8 Å². The summed E-state index contributed by atoms with van der Waals surface area (Å²) >= 11 is 0. The molecule has 0 aliphatic carbocycles. The molecule has 29 heavy (non-hydrogen) atoms. The zero-order chi connectivity index (χ0) is 19.8. The first kappa shape index (κ1) is 18.8. The molecule has 1 saturated heterocycles. The predicted octanol–water partition coefficient (Wildman–Crippen LogP) is 2.21. The molecule has 1 unspecified atom stereocenters. The Hall–Kier alpha value is -2.18. The van der Waals surface area contributed by atoms with Crippen LogP contribution in [0.1, 0.15) is 48.7 Å². The highest BCUT2D eigenvalue weighted by Crippen LogP contribution is 2.42. The average Bonchev–Trinajstić information content (AvgIpc) is 3.26. The molecule has 0 saturated carbocycles. The van der Waals surface area contributed by atoms with Crippen LogP contribution in [0.2, 0.25) is 0 Å². The number of rotatable bonds is 3. The fourth-order valence-electron chi connectivity index (χ4n) is 5.62. The molecule has 1 spiro atoms. The highest BCUT2D eigenvalue weighted by Gasteiger charge is 2.47. The maximum atomic E-state index is 13.3. The summed E-state index contributed by atoms with van der Waals surface area (Å²) in [4.78, 5) is 26.1. The third kappa shape index (κ3) is 3.19. The Morgan fingerprint density at radius 1 is 1.21 bits per heavy atom. The zero-order valence-corrected chi connectivity index (χ0v) is 17.3. The van der Waals surface area contributed by atoms with Crippen LogP contribution in [-0.4, -0.2) is 57.9 Å². The van der Waals surface area contributed by atoms with Crippen LogP contribution in [0.4, 0.5) is 0 Å². The van der Waals surface area contributed by atoms with Crippen LogP contribution in [0.5, 0.6) is 0 Å². The van der Waals surface area contributed by atoms with E-state index in [1.165, 1.54) is 22.5 Å². The molecule has 0 radical (unpaired) electrons. The summed E-state index contributed by atoms with van der Waals surface area (Å²) < 4.78 is 0. The van der Waals surface area contributed by atoms with Crippen molar-refractivity contribution in [3.8, 4) is 0 Å². The summed E-state index contributed by atoms with van der Waals surface area (Å²) in [7, 11) is 0. The van der Waals surface area contributed by atoms with Gasteiger partial charge in [0.1, 0.15) is 0 Å². The normalized spacial score (nSPS) is 23.6. The number of carbonyl (C=O) groups is 1. The summed E-state index contributed by atoms with van der Waals surface area (Å²) in [6.45, 7) is 6.83. The van der Waals surface area contributed by atoms with E-state index in [-0.39, 0.29) is 17.5 Å². The van der Waals surface area contributed by atoms with E-state index in [2.05, 4.69) is 51.3 Å². The van der Waals surface area contributed by atoms with Gasteiger partial charge in [0.05, 0.1) is 23.6 Å². The number of carbonyl (C=O) groups excluding carboxylic acids is 1. The van der Waals surface area contributed by atoms with Crippen LogP contribution in [0.15, 0.2) is 30.6 Å². The van der Waals surface area contributed by atoms with Crippen molar-refractivity contribution in [2.75, 3.05) is 26.2 Å². The van der Waals surface area contributed by atoms with Crippen LogP contribution in [0, 0.1) is 0 Å².